The van der Waals surface area contributed by atoms with E-state index in [1.807, 2.05) is 31.2 Å². The lowest BCUT2D eigenvalue weighted by Crippen LogP contribution is -2.01. The molecule has 0 bridgehead atoms. The van der Waals surface area contributed by atoms with Crippen molar-refractivity contribution in [3.8, 4) is 17.0 Å². The number of nitrogens with zero attached hydrogens (tertiary/aromatic N) is 2. The summed E-state index contributed by atoms with van der Waals surface area (Å²) in [5.74, 6) is -0.198. The molecule has 0 atom stereocenters. The van der Waals surface area contributed by atoms with Gasteiger partial charge in [0.15, 0.2) is 0 Å². The average molecular weight is 260 g/mol. The predicted molar refractivity (Wildman–Crippen MR) is 71.5 cm³/mol. The third-order valence-electron chi connectivity index (χ3n) is 2.87. The van der Waals surface area contributed by atoms with Crippen molar-refractivity contribution in [2.24, 2.45) is 7.05 Å². The van der Waals surface area contributed by atoms with Crippen LogP contribution in [0.15, 0.2) is 24.3 Å². The van der Waals surface area contributed by atoms with Crippen LogP contribution in [0.2, 0.25) is 0 Å². The zero-order chi connectivity index (χ0) is 14.0. The van der Waals surface area contributed by atoms with Crippen molar-refractivity contribution < 1.29 is 14.6 Å². The number of aromatic nitrogens is 2. The van der Waals surface area contributed by atoms with E-state index in [1.165, 1.54) is 0 Å². The van der Waals surface area contributed by atoms with Crippen molar-refractivity contribution in [3.05, 3.63) is 35.5 Å². The van der Waals surface area contributed by atoms with Crippen LogP contribution in [-0.2, 0) is 7.05 Å². The van der Waals surface area contributed by atoms with Crippen LogP contribution < -0.4 is 4.74 Å². The molecular formula is C14H16N2O3. The highest BCUT2D eigenvalue weighted by Gasteiger charge is 2.20. The molecule has 5 nitrogen and oxygen atoms in total. The second kappa shape index (κ2) is 5.14. The minimum absolute atomic E-state index is 0.242. The van der Waals surface area contributed by atoms with Gasteiger partial charge in [-0.3, -0.25) is 4.68 Å². The Morgan fingerprint density at radius 1 is 1.37 bits per heavy atom. The maximum atomic E-state index is 11.3. The number of carbonyl (C=O) groups is 1. The molecule has 1 heterocycles. The van der Waals surface area contributed by atoms with Crippen molar-refractivity contribution in [1.82, 2.24) is 9.78 Å². The number of benzene rings is 1. The third kappa shape index (κ3) is 2.45. The highest BCUT2D eigenvalue weighted by Crippen LogP contribution is 2.27. The number of carboxylic acids is 1. The Morgan fingerprint density at radius 2 is 2.00 bits per heavy atom. The first kappa shape index (κ1) is 13.1. The lowest BCUT2D eigenvalue weighted by atomic mass is 10.1. The molecule has 100 valence electrons. The Labute approximate surface area is 111 Å². The van der Waals surface area contributed by atoms with Gasteiger partial charge in [0.2, 0.25) is 0 Å². The number of aryl methyl sites for hydroxylation is 2. The molecule has 1 aromatic carbocycles. The molecule has 1 N–H and O–H groups in total. The molecule has 0 saturated carbocycles. The summed E-state index contributed by atoms with van der Waals surface area (Å²) in [4.78, 5) is 11.3. The quantitative estimate of drug-likeness (QED) is 0.917. The smallest absolute Gasteiger partial charge is 0.339 e. The summed E-state index contributed by atoms with van der Waals surface area (Å²) >= 11 is 0. The first-order chi connectivity index (χ1) is 9.04. The molecule has 0 aliphatic rings. The maximum absolute atomic E-state index is 11.3. The summed E-state index contributed by atoms with van der Waals surface area (Å²) in [6, 6.07) is 7.33. The van der Waals surface area contributed by atoms with Gasteiger partial charge >= 0.3 is 5.97 Å². The van der Waals surface area contributed by atoms with Gasteiger partial charge in [-0.1, -0.05) is 0 Å². The molecule has 0 spiro atoms. The van der Waals surface area contributed by atoms with Gasteiger partial charge in [-0.2, -0.15) is 5.10 Å². The van der Waals surface area contributed by atoms with Gasteiger partial charge in [0.05, 0.1) is 18.0 Å². The average Bonchev–Trinajstić information content (AvgIpc) is 2.66. The number of aromatic carboxylic acids is 1. The summed E-state index contributed by atoms with van der Waals surface area (Å²) in [6.45, 7) is 4.22. The predicted octanol–water partition coefficient (Wildman–Crippen LogP) is 2.49. The number of rotatable bonds is 4. The fraction of sp³-hybridized carbons (Fsp3) is 0.286. The largest absolute Gasteiger partial charge is 0.494 e. The highest BCUT2D eigenvalue weighted by molar-refractivity contribution is 5.96. The molecule has 0 unspecified atom stereocenters. The fourth-order valence-electron chi connectivity index (χ4n) is 2.12. The van der Waals surface area contributed by atoms with Gasteiger partial charge in [-0.25, -0.2) is 4.79 Å². The Morgan fingerprint density at radius 3 is 2.53 bits per heavy atom. The minimum atomic E-state index is -0.963. The van der Waals surface area contributed by atoms with Gasteiger partial charge in [-0.05, 0) is 38.1 Å². The van der Waals surface area contributed by atoms with Crippen molar-refractivity contribution in [2.75, 3.05) is 6.61 Å². The molecule has 19 heavy (non-hydrogen) atoms. The van der Waals surface area contributed by atoms with Crippen LogP contribution in [0, 0.1) is 6.92 Å². The van der Waals surface area contributed by atoms with Crippen molar-refractivity contribution in [3.63, 3.8) is 0 Å². The van der Waals surface area contributed by atoms with Crippen LogP contribution in [0.25, 0.3) is 11.3 Å². The lowest BCUT2D eigenvalue weighted by molar-refractivity contribution is 0.0697. The minimum Gasteiger partial charge on any atom is -0.494 e. The first-order valence-corrected chi connectivity index (χ1v) is 6.04. The lowest BCUT2D eigenvalue weighted by Gasteiger charge is -2.06. The van der Waals surface area contributed by atoms with Crippen LogP contribution in [-0.4, -0.2) is 27.5 Å². The summed E-state index contributed by atoms with van der Waals surface area (Å²) in [6.07, 6.45) is 0. The van der Waals surface area contributed by atoms with E-state index in [0.717, 1.165) is 11.3 Å². The number of hydrogen-bond acceptors (Lipinski definition) is 3. The summed E-state index contributed by atoms with van der Waals surface area (Å²) < 4.78 is 6.96. The van der Waals surface area contributed by atoms with E-state index < -0.39 is 5.97 Å². The van der Waals surface area contributed by atoms with Crippen molar-refractivity contribution in [2.45, 2.75) is 13.8 Å². The summed E-state index contributed by atoms with van der Waals surface area (Å²) in [5.41, 5.74) is 2.17. The molecule has 2 rings (SSSR count). The molecule has 0 fully saturated rings. The number of hydrogen-bond donors (Lipinski definition) is 1. The second-order valence-corrected chi connectivity index (χ2v) is 4.20. The van der Waals surface area contributed by atoms with E-state index in [4.69, 9.17) is 4.74 Å². The normalized spacial score (nSPS) is 10.5. The molecule has 0 saturated heterocycles. The van der Waals surface area contributed by atoms with Gasteiger partial charge in [-0.15, -0.1) is 0 Å². The molecule has 2 aromatic rings. The second-order valence-electron chi connectivity index (χ2n) is 4.20. The molecular weight excluding hydrogens is 244 g/mol. The summed E-state index contributed by atoms with van der Waals surface area (Å²) in [7, 11) is 1.74. The maximum Gasteiger partial charge on any atom is 0.339 e. The van der Waals surface area contributed by atoms with Crippen LogP contribution in [0.3, 0.4) is 0 Å². The molecule has 0 radical (unpaired) electrons. The van der Waals surface area contributed by atoms with E-state index in [1.54, 1.807) is 18.7 Å². The van der Waals surface area contributed by atoms with Gasteiger partial charge in [0, 0.05) is 12.6 Å². The van der Waals surface area contributed by atoms with E-state index in [-0.39, 0.29) is 5.56 Å². The Balaban J connectivity index is 2.49. The monoisotopic (exact) mass is 260 g/mol. The van der Waals surface area contributed by atoms with Gasteiger partial charge in [0.1, 0.15) is 11.3 Å². The van der Waals surface area contributed by atoms with Gasteiger partial charge < -0.3 is 9.84 Å². The number of carboxylic acid groups (broad SMARTS) is 1. The van der Waals surface area contributed by atoms with Crippen LogP contribution in [0.1, 0.15) is 23.0 Å². The fourth-order valence-corrected chi connectivity index (χ4v) is 2.12. The first-order valence-electron chi connectivity index (χ1n) is 6.04. The third-order valence-corrected chi connectivity index (χ3v) is 2.87. The SMILES string of the molecule is CCOc1ccc(-c2c(C(=O)O)c(C)nn2C)cc1. The Hall–Kier alpha value is -2.30. The topological polar surface area (TPSA) is 64.3 Å². The Kier molecular flexibility index (Phi) is 3.55. The zero-order valence-corrected chi connectivity index (χ0v) is 11.2. The van der Waals surface area contributed by atoms with Crippen LogP contribution >= 0.6 is 0 Å². The molecule has 1 aromatic heterocycles. The highest BCUT2D eigenvalue weighted by atomic mass is 16.5. The zero-order valence-electron chi connectivity index (χ0n) is 11.2. The summed E-state index contributed by atoms with van der Waals surface area (Å²) in [5, 5.41) is 13.5. The van der Waals surface area contributed by atoms with Crippen molar-refractivity contribution >= 4 is 5.97 Å². The molecule has 0 amide bonds. The standard InChI is InChI=1S/C14H16N2O3/c1-4-19-11-7-5-10(6-8-11)13-12(14(17)18)9(2)15-16(13)3/h5-8H,4H2,1-3H3,(H,17,18). The van der Waals surface area contributed by atoms with Crippen LogP contribution in [0.4, 0.5) is 0 Å². The van der Waals surface area contributed by atoms with E-state index in [0.29, 0.717) is 18.0 Å². The van der Waals surface area contributed by atoms with Crippen molar-refractivity contribution in [1.29, 1.82) is 0 Å². The van der Waals surface area contributed by atoms with E-state index in [9.17, 15) is 9.90 Å². The number of ether oxygens (including phenoxy) is 1. The van der Waals surface area contributed by atoms with Gasteiger partial charge in [0.25, 0.3) is 0 Å². The van der Waals surface area contributed by atoms with E-state index >= 15 is 0 Å². The van der Waals surface area contributed by atoms with Crippen LogP contribution in [0.5, 0.6) is 5.75 Å². The van der Waals surface area contributed by atoms with E-state index in [2.05, 4.69) is 5.10 Å². The molecule has 5 heteroatoms. The molecule has 0 aliphatic heterocycles. The molecule has 0 aliphatic carbocycles. The Bertz CT molecular complexity index is 600.